The summed E-state index contributed by atoms with van der Waals surface area (Å²) >= 11 is 0. The Kier molecular flexibility index (Phi) is 5.32. The third-order valence-corrected chi connectivity index (χ3v) is 2.62. The average Bonchev–Trinajstić information content (AvgIpc) is 2.31. The SMILES string of the molecule is CN(C)C(=O)CN(CC(N)=O)Cc1ccc(N)cc1. The summed E-state index contributed by atoms with van der Waals surface area (Å²) in [6.07, 6.45) is 0. The van der Waals surface area contributed by atoms with Crippen LogP contribution in [0, 0.1) is 0 Å². The van der Waals surface area contributed by atoms with Crippen molar-refractivity contribution >= 4 is 17.5 Å². The van der Waals surface area contributed by atoms with Crippen LogP contribution in [0.25, 0.3) is 0 Å². The lowest BCUT2D eigenvalue weighted by Gasteiger charge is -2.22. The van der Waals surface area contributed by atoms with Gasteiger partial charge in [0.25, 0.3) is 0 Å². The molecule has 0 aliphatic rings. The highest BCUT2D eigenvalue weighted by molar-refractivity contribution is 5.80. The third-order valence-electron chi connectivity index (χ3n) is 2.62. The molecule has 104 valence electrons. The molecule has 6 heteroatoms. The second-order valence-electron chi connectivity index (χ2n) is 4.64. The number of likely N-dealkylation sites (N-methyl/N-ethyl adjacent to an activating group) is 1. The fourth-order valence-electron chi connectivity index (χ4n) is 1.60. The number of benzene rings is 1. The number of nitrogens with two attached hydrogens (primary N) is 2. The van der Waals surface area contributed by atoms with Crippen LogP contribution in [-0.4, -0.2) is 48.8 Å². The molecule has 0 aliphatic carbocycles. The van der Waals surface area contributed by atoms with E-state index in [9.17, 15) is 9.59 Å². The lowest BCUT2D eigenvalue weighted by molar-refractivity contribution is -0.130. The minimum atomic E-state index is -0.456. The van der Waals surface area contributed by atoms with E-state index >= 15 is 0 Å². The summed E-state index contributed by atoms with van der Waals surface area (Å²) in [6.45, 7) is 0.674. The van der Waals surface area contributed by atoms with Gasteiger partial charge >= 0.3 is 0 Å². The largest absolute Gasteiger partial charge is 0.399 e. The standard InChI is InChI=1S/C13H20N4O2/c1-16(2)13(19)9-17(8-12(15)18)7-10-3-5-11(14)6-4-10/h3-6H,7-9,14H2,1-2H3,(H2,15,18). The smallest absolute Gasteiger partial charge is 0.236 e. The fourth-order valence-corrected chi connectivity index (χ4v) is 1.60. The van der Waals surface area contributed by atoms with Crippen LogP contribution in [0.5, 0.6) is 0 Å². The van der Waals surface area contributed by atoms with E-state index in [4.69, 9.17) is 11.5 Å². The lowest BCUT2D eigenvalue weighted by Crippen LogP contribution is -2.40. The van der Waals surface area contributed by atoms with Gasteiger partial charge in [0.1, 0.15) is 0 Å². The first-order valence-corrected chi connectivity index (χ1v) is 5.93. The van der Waals surface area contributed by atoms with Crippen molar-refractivity contribution in [2.24, 2.45) is 5.73 Å². The van der Waals surface area contributed by atoms with Crippen LogP contribution in [0.4, 0.5) is 5.69 Å². The van der Waals surface area contributed by atoms with Gasteiger partial charge in [0.15, 0.2) is 0 Å². The molecule has 0 heterocycles. The Morgan fingerprint density at radius 2 is 1.68 bits per heavy atom. The van der Waals surface area contributed by atoms with Gasteiger partial charge in [-0.3, -0.25) is 14.5 Å². The summed E-state index contributed by atoms with van der Waals surface area (Å²) in [7, 11) is 3.35. The van der Waals surface area contributed by atoms with Crippen molar-refractivity contribution in [3.63, 3.8) is 0 Å². The highest BCUT2D eigenvalue weighted by Gasteiger charge is 2.14. The molecule has 0 spiro atoms. The van der Waals surface area contributed by atoms with Crippen molar-refractivity contribution in [3.8, 4) is 0 Å². The molecule has 0 fully saturated rings. The Hall–Kier alpha value is -2.08. The molecule has 1 rings (SSSR count). The molecule has 0 aromatic heterocycles. The van der Waals surface area contributed by atoms with Crippen molar-refractivity contribution in [1.29, 1.82) is 0 Å². The minimum absolute atomic E-state index is 0.0456. The molecule has 0 saturated heterocycles. The Bertz CT molecular complexity index is 442. The number of hydrogen-bond donors (Lipinski definition) is 2. The van der Waals surface area contributed by atoms with E-state index in [0.717, 1.165) is 5.56 Å². The van der Waals surface area contributed by atoms with E-state index in [2.05, 4.69) is 0 Å². The van der Waals surface area contributed by atoms with Gasteiger partial charge in [-0.1, -0.05) is 12.1 Å². The van der Waals surface area contributed by atoms with E-state index in [1.54, 1.807) is 31.1 Å². The number of amides is 2. The predicted octanol–water partition coefficient (Wildman–Crippen LogP) is -0.356. The van der Waals surface area contributed by atoms with E-state index in [0.29, 0.717) is 12.2 Å². The highest BCUT2D eigenvalue weighted by Crippen LogP contribution is 2.08. The Labute approximate surface area is 113 Å². The zero-order valence-corrected chi connectivity index (χ0v) is 11.3. The number of hydrogen-bond acceptors (Lipinski definition) is 4. The van der Waals surface area contributed by atoms with Crippen molar-refractivity contribution in [1.82, 2.24) is 9.80 Å². The Balaban J connectivity index is 2.71. The van der Waals surface area contributed by atoms with Crippen LogP contribution in [0.2, 0.25) is 0 Å². The van der Waals surface area contributed by atoms with Gasteiger partial charge in [-0.05, 0) is 17.7 Å². The van der Waals surface area contributed by atoms with E-state index in [1.807, 2.05) is 12.1 Å². The summed E-state index contributed by atoms with van der Waals surface area (Å²) in [5, 5.41) is 0. The molecule has 6 nitrogen and oxygen atoms in total. The Morgan fingerprint density at radius 1 is 1.11 bits per heavy atom. The van der Waals surface area contributed by atoms with Crippen LogP contribution in [0.15, 0.2) is 24.3 Å². The summed E-state index contributed by atoms with van der Waals surface area (Å²) in [5.41, 5.74) is 12.5. The molecule has 19 heavy (non-hydrogen) atoms. The number of nitrogens with zero attached hydrogens (tertiary/aromatic N) is 2. The molecule has 0 aliphatic heterocycles. The van der Waals surface area contributed by atoms with Crippen LogP contribution < -0.4 is 11.5 Å². The molecule has 0 saturated carbocycles. The minimum Gasteiger partial charge on any atom is -0.399 e. The van der Waals surface area contributed by atoms with Crippen molar-refractivity contribution < 1.29 is 9.59 Å². The maximum Gasteiger partial charge on any atom is 0.236 e. The van der Waals surface area contributed by atoms with Gasteiger partial charge in [0.05, 0.1) is 13.1 Å². The van der Waals surface area contributed by atoms with Crippen molar-refractivity contribution in [2.45, 2.75) is 6.54 Å². The molecule has 0 bridgehead atoms. The fraction of sp³-hybridized carbons (Fsp3) is 0.385. The van der Waals surface area contributed by atoms with E-state index < -0.39 is 5.91 Å². The molecule has 4 N–H and O–H groups in total. The number of nitrogen functional groups attached to an aromatic ring is 1. The third kappa shape index (κ3) is 5.39. The average molecular weight is 264 g/mol. The zero-order chi connectivity index (χ0) is 14.4. The van der Waals surface area contributed by atoms with E-state index in [1.165, 1.54) is 4.90 Å². The maximum absolute atomic E-state index is 11.7. The van der Waals surface area contributed by atoms with Gasteiger partial charge in [0.2, 0.25) is 11.8 Å². The lowest BCUT2D eigenvalue weighted by atomic mass is 10.2. The van der Waals surface area contributed by atoms with Crippen LogP contribution in [0.3, 0.4) is 0 Å². The number of carbonyl (C=O) groups excluding carboxylic acids is 2. The second-order valence-corrected chi connectivity index (χ2v) is 4.64. The molecule has 2 amide bonds. The van der Waals surface area contributed by atoms with Crippen molar-refractivity contribution in [2.75, 3.05) is 32.9 Å². The quantitative estimate of drug-likeness (QED) is 0.686. The highest BCUT2D eigenvalue weighted by atomic mass is 16.2. The molecule has 1 aromatic carbocycles. The molecule has 0 unspecified atom stereocenters. The van der Waals surface area contributed by atoms with Gasteiger partial charge in [0, 0.05) is 26.3 Å². The van der Waals surface area contributed by atoms with Crippen LogP contribution in [-0.2, 0) is 16.1 Å². The summed E-state index contributed by atoms with van der Waals surface area (Å²) in [5.74, 6) is -0.529. The van der Waals surface area contributed by atoms with Gasteiger partial charge < -0.3 is 16.4 Å². The van der Waals surface area contributed by atoms with Gasteiger partial charge in [-0.15, -0.1) is 0 Å². The number of primary amides is 1. The van der Waals surface area contributed by atoms with Gasteiger partial charge in [-0.2, -0.15) is 0 Å². The van der Waals surface area contributed by atoms with E-state index in [-0.39, 0.29) is 19.0 Å². The monoisotopic (exact) mass is 264 g/mol. The first kappa shape index (κ1) is 15.0. The number of anilines is 1. The summed E-state index contributed by atoms with van der Waals surface area (Å²) < 4.78 is 0. The predicted molar refractivity (Wildman–Crippen MR) is 74.0 cm³/mol. The molecular weight excluding hydrogens is 244 g/mol. The normalized spacial score (nSPS) is 10.5. The first-order chi connectivity index (χ1) is 8.88. The second kappa shape index (κ2) is 6.75. The molecule has 0 radical (unpaired) electrons. The molecule has 1 aromatic rings. The maximum atomic E-state index is 11.7. The molecule has 0 atom stereocenters. The number of carbonyl (C=O) groups is 2. The topological polar surface area (TPSA) is 92.7 Å². The van der Waals surface area contributed by atoms with Crippen LogP contribution >= 0.6 is 0 Å². The van der Waals surface area contributed by atoms with Crippen LogP contribution in [0.1, 0.15) is 5.56 Å². The summed E-state index contributed by atoms with van der Waals surface area (Å²) in [6, 6.07) is 7.30. The number of rotatable bonds is 6. The van der Waals surface area contributed by atoms with Gasteiger partial charge in [-0.25, -0.2) is 0 Å². The zero-order valence-electron chi connectivity index (χ0n) is 11.3. The summed E-state index contributed by atoms with van der Waals surface area (Å²) in [4.78, 5) is 25.9. The van der Waals surface area contributed by atoms with Crippen molar-refractivity contribution in [3.05, 3.63) is 29.8 Å². The first-order valence-electron chi connectivity index (χ1n) is 5.93. The Morgan fingerprint density at radius 3 is 2.16 bits per heavy atom. The molecular formula is C13H20N4O2.